The zero-order chi connectivity index (χ0) is 27.0. The van der Waals surface area contributed by atoms with E-state index in [0.29, 0.717) is 43.1 Å². The van der Waals surface area contributed by atoms with Crippen molar-refractivity contribution in [2.24, 2.45) is 0 Å². The monoisotopic (exact) mass is 542 g/mol. The van der Waals surface area contributed by atoms with Crippen LogP contribution in [0.3, 0.4) is 0 Å². The van der Waals surface area contributed by atoms with Crippen molar-refractivity contribution in [3.63, 3.8) is 0 Å². The fourth-order valence-corrected chi connectivity index (χ4v) is 7.01. The van der Waals surface area contributed by atoms with E-state index in [1.54, 1.807) is 40.5 Å². The van der Waals surface area contributed by atoms with Crippen LogP contribution in [-0.2, 0) is 19.6 Å². The fourth-order valence-electron chi connectivity index (χ4n) is 5.58. The van der Waals surface area contributed by atoms with Crippen LogP contribution in [0.5, 0.6) is 0 Å². The Morgan fingerprint density at radius 2 is 1.66 bits per heavy atom. The zero-order valence-electron chi connectivity index (χ0n) is 22.6. The van der Waals surface area contributed by atoms with Crippen molar-refractivity contribution in [1.29, 1.82) is 0 Å². The molecule has 0 spiro atoms. The van der Waals surface area contributed by atoms with Gasteiger partial charge in [0.15, 0.2) is 5.82 Å². The van der Waals surface area contributed by atoms with E-state index in [4.69, 9.17) is 9.72 Å². The number of carbonyl (C=O) groups is 1. The van der Waals surface area contributed by atoms with E-state index in [1.807, 2.05) is 19.1 Å². The lowest BCUT2D eigenvalue weighted by Gasteiger charge is -2.44. The molecule has 4 heterocycles. The third-order valence-electron chi connectivity index (χ3n) is 7.92. The minimum atomic E-state index is -3.54. The van der Waals surface area contributed by atoms with Crippen LogP contribution in [0.1, 0.15) is 33.6 Å². The van der Waals surface area contributed by atoms with Crippen LogP contribution in [-0.4, -0.2) is 93.1 Å². The first-order valence-electron chi connectivity index (χ1n) is 13.4. The summed E-state index contributed by atoms with van der Waals surface area (Å²) in [5.41, 5.74) is 1.52. The molecule has 2 saturated heterocycles. The predicted molar refractivity (Wildman–Crippen MR) is 149 cm³/mol. The van der Waals surface area contributed by atoms with Crippen LogP contribution in [0.15, 0.2) is 41.3 Å². The molecule has 2 aromatic rings. The SMILES string of the molecule is CC(C)N1CCN(S(=O)(=O)c2ccc(Nc3ccc4c(n3)N(C3CCOCC3)[C@H](C)C(=O)N4C)cc2)CC1. The summed E-state index contributed by atoms with van der Waals surface area (Å²) in [4.78, 5) is 24.3. The van der Waals surface area contributed by atoms with Crippen molar-refractivity contribution >= 4 is 38.9 Å². The molecule has 38 heavy (non-hydrogen) atoms. The summed E-state index contributed by atoms with van der Waals surface area (Å²) in [5, 5.41) is 3.31. The third-order valence-corrected chi connectivity index (χ3v) is 9.83. The molecule has 11 heteroatoms. The number of likely N-dealkylation sites (N-methyl/N-ethyl adjacent to an activating group) is 1. The van der Waals surface area contributed by atoms with Crippen LogP contribution in [0, 0.1) is 0 Å². The number of sulfonamides is 1. The standard InChI is InChI=1S/C27H38N6O4S/c1-19(2)31-13-15-32(16-14-31)38(35,36)23-7-5-21(6-8-23)28-25-10-9-24-26(29-25)33(20(3)27(34)30(24)4)22-11-17-37-18-12-22/h5-10,19-20,22H,11-18H2,1-4H3,(H,28,29)/t20-/m1/s1. The molecule has 10 nitrogen and oxygen atoms in total. The summed E-state index contributed by atoms with van der Waals surface area (Å²) in [5.74, 6) is 1.46. The first kappa shape index (κ1) is 26.9. The molecular weight excluding hydrogens is 504 g/mol. The molecule has 5 rings (SSSR count). The normalized spacial score (nSPS) is 22.1. The first-order valence-corrected chi connectivity index (χ1v) is 14.9. The highest BCUT2D eigenvalue weighted by Crippen LogP contribution is 2.38. The highest BCUT2D eigenvalue weighted by molar-refractivity contribution is 7.89. The molecular formula is C27H38N6O4S. The van der Waals surface area contributed by atoms with Crippen LogP contribution in [0.2, 0.25) is 0 Å². The molecule has 0 radical (unpaired) electrons. The number of hydrogen-bond donors (Lipinski definition) is 1. The van der Waals surface area contributed by atoms with Crippen molar-refractivity contribution in [2.45, 2.75) is 56.6 Å². The van der Waals surface area contributed by atoms with Gasteiger partial charge in [0, 0.05) is 64.2 Å². The maximum atomic E-state index is 13.2. The molecule has 0 saturated carbocycles. The van der Waals surface area contributed by atoms with Crippen LogP contribution < -0.4 is 15.1 Å². The highest BCUT2D eigenvalue weighted by atomic mass is 32.2. The number of rotatable bonds is 6. The Kier molecular flexibility index (Phi) is 7.63. The number of benzene rings is 1. The summed E-state index contributed by atoms with van der Waals surface area (Å²) < 4.78 is 33.5. The van der Waals surface area contributed by atoms with Crippen molar-refractivity contribution < 1.29 is 17.9 Å². The highest BCUT2D eigenvalue weighted by Gasteiger charge is 2.39. The average Bonchev–Trinajstić information content (AvgIpc) is 2.93. The second-order valence-electron chi connectivity index (χ2n) is 10.5. The summed E-state index contributed by atoms with van der Waals surface area (Å²) in [6.45, 7) is 10.0. The lowest BCUT2D eigenvalue weighted by atomic mass is 10.0. The second-order valence-corrected chi connectivity index (χ2v) is 12.5. The number of anilines is 4. The van der Waals surface area contributed by atoms with Gasteiger partial charge in [0.2, 0.25) is 15.9 Å². The molecule has 1 N–H and O–H groups in total. The number of nitrogens with zero attached hydrogens (tertiary/aromatic N) is 5. The molecule has 1 aromatic heterocycles. The van der Waals surface area contributed by atoms with Crippen LogP contribution >= 0.6 is 0 Å². The van der Waals surface area contributed by atoms with Crippen molar-refractivity contribution in [2.75, 3.05) is 61.6 Å². The lowest BCUT2D eigenvalue weighted by molar-refractivity contribution is -0.119. The van der Waals surface area contributed by atoms with E-state index in [0.717, 1.165) is 43.1 Å². The topological polar surface area (TPSA) is 98.3 Å². The van der Waals surface area contributed by atoms with Gasteiger partial charge >= 0.3 is 0 Å². The summed E-state index contributed by atoms with van der Waals surface area (Å²) >= 11 is 0. The Hall–Kier alpha value is -2.73. The van der Waals surface area contributed by atoms with Gasteiger partial charge in [0.25, 0.3) is 0 Å². The summed E-state index contributed by atoms with van der Waals surface area (Å²) in [6, 6.07) is 10.9. The number of piperazine rings is 1. The van der Waals surface area contributed by atoms with Crippen molar-refractivity contribution in [3.05, 3.63) is 36.4 Å². The molecule has 1 amide bonds. The Labute approximate surface area is 225 Å². The maximum absolute atomic E-state index is 13.2. The summed E-state index contributed by atoms with van der Waals surface area (Å²) in [7, 11) is -1.75. The molecule has 3 aliphatic rings. The number of pyridine rings is 1. The molecule has 206 valence electrons. The van der Waals surface area contributed by atoms with Gasteiger partial charge < -0.3 is 19.9 Å². The van der Waals surface area contributed by atoms with Gasteiger partial charge in [-0.3, -0.25) is 9.69 Å². The smallest absolute Gasteiger partial charge is 0.249 e. The van der Waals surface area contributed by atoms with Gasteiger partial charge in [-0.1, -0.05) is 0 Å². The van der Waals surface area contributed by atoms with E-state index in [2.05, 4.69) is 29.0 Å². The lowest BCUT2D eigenvalue weighted by Crippen LogP contribution is -2.56. The number of nitrogens with one attached hydrogen (secondary N) is 1. The van der Waals surface area contributed by atoms with Crippen molar-refractivity contribution in [3.8, 4) is 0 Å². The quantitative estimate of drug-likeness (QED) is 0.595. The first-order chi connectivity index (χ1) is 18.2. The number of aromatic nitrogens is 1. The van der Waals surface area contributed by atoms with Crippen molar-refractivity contribution in [1.82, 2.24) is 14.2 Å². The molecule has 1 aromatic carbocycles. The van der Waals surface area contributed by atoms with Gasteiger partial charge in [-0.25, -0.2) is 13.4 Å². The minimum absolute atomic E-state index is 0.0499. The average molecular weight is 543 g/mol. The van der Waals surface area contributed by atoms with Gasteiger partial charge in [0.05, 0.1) is 10.6 Å². The Bertz CT molecular complexity index is 1250. The molecule has 0 aliphatic carbocycles. The number of carbonyl (C=O) groups excluding carboxylic acids is 1. The van der Waals surface area contributed by atoms with Crippen LogP contribution in [0.4, 0.5) is 23.0 Å². The minimum Gasteiger partial charge on any atom is -0.381 e. The van der Waals surface area contributed by atoms with Gasteiger partial charge in [-0.2, -0.15) is 4.31 Å². The Morgan fingerprint density at radius 3 is 2.29 bits per heavy atom. The van der Waals surface area contributed by atoms with E-state index in [9.17, 15) is 13.2 Å². The van der Waals surface area contributed by atoms with Gasteiger partial charge in [-0.15, -0.1) is 0 Å². The molecule has 1 atom stereocenters. The van der Waals surface area contributed by atoms with E-state index in [1.165, 1.54) is 0 Å². The summed E-state index contributed by atoms with van der Waals surface area (Å²) in [6.07, 6.45) is 1.70. The predicted octanol–water partition coefficient (Wildman–Crippen LogP) is 2.89. The second kappa shape index (κ2) is 10.8. The number of hydrogen-bond acceptors (Lipinski definition) is 8. The zero-order valence-corrected chi connectivity index (χ0v) is 23.4. The molecule has 3 aliphatic heterocycles. The Morgan fingerprint density at radius 1 is 1.00 bits per heavy atom. The molecule has 0 bridgehead atoms. The van der Waals surface area contributed by atoms with Gasteiger partial charge in [0.1, 0.15) is 11.9 Å². The number of amides is 1. The van der Waals surface area contributed by atoms with E-state index >= 15 is 0 Å². The third kappa shape index (κ3) is 5.12. The maximum Gasteiger partial charge on any atom is 0.249 e. The van der Waals surface area contributed by atoms with E-state index < -0.39 is 10.0 Å². The van der Waals surface area contributed by atoms with Gasteiger partial charge in [-0.05, 0) is 70.0 Å². The molecule has 2 fully saturated rings. The fraction of sp³-hybridized carbons (Fsp3) is 0.556. The number of fused-ring (bicyclic) bond motifs is 1. The molecule has 0 unspecified atom stereocenters. The Balaban J connectivity index is 1.34. The number of ether oxygens (including phenoxy) is 1. The van der Waals surface area contributed by atoms with E-state index in [-0.39, 0.29) is 18.0 Å². The largest absolute Gasteiger partial charge is 0.381 e. The van der Waals surface area contributed by atoms with Crippen LogP contribution in [0.25, 0.3) is 0 Å².